The highest BCUT2D eigenvalue weighted by Crippen LogP contribution is 2.10. The summed E-state index contributed by atoms with van der Waals surface area (Å²) in [4.78, 5) is 19.8. The number of hydrogen-bond donors (Lipinski definition) is 1. The van der Waals surface area contributed by atoms with Crippen LogP contribution in [-0.4, -0.2) is 58.1 Å². The Morgan fingerprint density at radius 3 is 2.63 bits per heavy atom. The lowest BCUT2D eigenvalue weighted by molar-refractivity contribution is -0.141. The van der Waals surface area contributed by atoms with Crippen LogP contribution in [0, 0.1) is 0 Å². The van der Waals surface area contributed by atoms with Crippen LogP contribution < -0.4 is 0 Å². The minimum Gasteiger partial charge on any atom is -0.384 e. The third kappa shape index (κ3) is 3.89. The zero-order valence-electron chi connectivity index (χ0n) is 10.9. The van der Waals surface area contributed by atoms with E-state index in [9.17, 15) is 9.90 Å². The van der Waals surface area contributed by atoms with Crippen LogP contribution in [0.5, 0.6) is 0 Å². The maximum atomic E-state index is 11.6. The number of carbonyl (C=O) groups is 1. The maximum Gasteiger partial charge on any atom is 0.251 e. The van der Waals surface area contributed by atoms with Crippen LogP contribution in [0.4, 0.5) is 0 Å². The second kappa shape index (κ2) is 6.32. The SMILES string of the molecule is CC(O)C(=O)N1CCN(Cc2ccc(Cl)cn2)CC1. The molecule has 2 rings (SSSR count). The Balaban J connectivity index is 1.83. The highest BCUT2D eigenvalue weighted by Gasteiger charge is 2.23. The molecule has 1 aromatic heterocycles. The number of nitrogens with zero attached hydrogens (tertiary/aromatic N) is 3. The molecular formula is C13H18ClN3O2. The molecule has 104 valence electrons. The van der Waals surface area contributed by atoms with Gasteiger partial charge >= 0.3 is 0 Å². The fraction of sp³-hybridized carbons (Fsp3) is 0.538. The van der Waals surface area contributed by atoms with Crippen LogP contribution in [0.1, 0.15) is 12.6 Å². The quantitative estimate of drug-likeness (QED) is 0.890. The predicted octanol–water partition coefficient (Wildman–Crippen LogP) is 0.760. The molecule has 1 atom stereocenters. The standard InChI is InChI=1S/C13H18ClN3O2/c1-10(18)13(19)17-6-4-16(5-7-17)9-12-3-2-11(14)8-15-12/h2-3,8,10,18H,4-7,9H2,1H3. The number of piperazine rings is 1. The molecule has 0 aromatic carbocycles. The van der Waals surface area contributed by atoms with Crippen molar-refractivity contribution < 1.29 is 9.90 Å². The maximum absolute atomic E-state index is 11.6. The van der Waals surface area contributed by atoms with Gasteiger partial charge in [-0.2, -0.15) is 0 Å². The summed E-state index contributed by atoms with van der Waals surface area (Å²) in [5.41, 5.74) is 0.972. The normalized spacial score (nSPS) is 18.4. The summed E-state index contributed by atoms with van der Waals surface area (Å²) >= 11 is 5.79. The molecule has 0 bridgehead atoms. The summed E-state index contributed by atoms with van der Waals surface area (Å²) in [5.74, 6) is -0.190. The van der Waals surface area contributed by atoms with Crippen LogP contribution in [0.25, 0.3) is 0 Å². The molecule has 2 heterocycles. The van der Waals surface area contributed by atoms with Gasteiger partial charge in [0.15, 0.2) is 0 Å². The molecule has 6 heteroatoms. The zero-order chi connectivity index (χ0) is 13.8. The van der Waals surface area contributed by atoms with E-state index < -0.39 is 6.10 Å². The van der Waals surface area contributed by atoms with Crippen molar-refractivity contribution in [3.8, 4) is 0 Å². The Bertz CT molecular complexity index is 428. The van der Waals surface area contributed by atoms with Crippen LogP contribution >= 0.6 is 11.6 Å². The number of rotatable bonds is 3. The van der Waals surface area contributed by atoms with Gasteiger partial charge in [-0.3, -0.25) is 14.7 Å². The molecule has 0 radical (unpaired) electrons. The Hall–Kier alpha value is -1.17. The summed E-state index contributed by atoms with van der Waals surface area (Å²) in [6.07, 6.45) is 0.730. The van der Waals surface area contributed by atoms with Crippen molar-refractivity contribution in [3.05, 3.63) is 29.0 Å². The molecule has 5 nitrogen and oxygen atoms in total. The molecule has 1 fully saturated rings. The molecule has 0 aliphatic carbocycles. The predicted molar refractivity (Wildman–Crippen MR) is 72.8 cm³/mol. The Morgan fingerprint density at radius 2 is 2.11 bits per heavy atom. The van der Waals surface area contributed by atoms with Gasteiger partial charge in [0, 0.05) is 38.9 Å². The van der Waals surface area contributed by atoms with Gasteiger partial charge in [-0.1, -0.05) is 11.6 Å². The van der Waals surface area contributed by atoms with Crippen molar-refractivity contribution in [2.24, 2.45) is 0 Å². The van der Waals surface area contributed by atoms with E-state index in [1.165, 1.54) is 6.92 Å². The van der Waals surface area contributed by atoms with Crippen molar-refractivity contribution in [2.45, 2.75) is 19.6 Å². The fourth-order valence-corrected chi connectivity index (χ4v) is 2.23. The molecule has 0 spiro atoms. The van der Waals surface area contributed by atoms with Gasteiger partial charge in [-0.15, -0.1) is 0 Å². The summed E-state index contributed by atoms with van der Waals surface area (Å²) in [6.45, 7) is 5.15. The molecule has 1 saturated heterocycles. The second-order valence-electron chi connectivity index (χ2n) is 4.75. The van der Waals surface area contributed by atoms with E-state index in [-0.39, 0.29) is 5.91 Å². The van der Waals surface area contributed by atoms with Gasteiger partial charge in [-0.05, 0) is 19.1 Å². The van der Waals surface area contributed by atoms with Crippen molar-refractivity contribution in [1.29, 1.82) is 0 Å². The number of halogens is 1. The van der Waals surface area contributed by atoms with E-state index in [1.54, 1.807) is 11.1 Å². The third-order valence-corrected chi connectivity index (χ3v) is 3.44. The van der Waals surface area contributed by atoms with E-state index in [0.717, 1.165) is 25.3 Å². The highest BCUT2D eigenvalue weighted by atomic mass is 35.5. The number of aliphatic hydroxyl groups excluding tert-OH is 1. The van der Waals surface area contributed by atoms with Crippen molar-refractivity contribution in [2.75, 3.05) is 26.2 Å². The zero-order valence-corrected chi connectivity index (χ0v) is 11.7. The molecule has 1 aliphatic rings. The van der Waals surface area contributed by atoms with E-state index >= 15 is 0 Å². The number of carbonyl (C=O) groups excluding carboxylic acids is 1. The molecule has 0 saturated carbocycles. The van der Waals surface area contributed by atoms with Crippen molar-refractivity contribution in [3.63, 3.8) is 0 Å². The Kier molecular flexibility index (Phi) is 4.74. The first-order valence-corrected chi connectivity index (χ1v) is 6.73. The summed E-state index contributed by atoms with van der Waals surface area (Å²) in [5, 5.41) is 9.91. The molecular weight excluding hydrogens is 266 g/mol. The summed E-state index contributed by atoms with van der Waals surface area (Å²) < 4.78 is 0. The topological polar surface area (TPSA) is 56.7 Å². The lowest BCUT2D eigenvalue weighted by Crippen LogP contribution is -2.50. The molecule has 1 N–H and O–H groups in total. The number of pyridine rings is 1. The average molecular weight is 284 g/mol. The largest absolute Gasteiger partial charge is 0.384 e. The van der Waals surface area contributed by atoms with E-state index in [1.807, 2.05) is 12.1 Å². The summed E-state index contributed by atoms with van der Waals surface area (Å²) in [6, 6.07) is 3.74. The van der Waals surface area contributed by atoms with Gasteiger partial charge < -0.3 is 10.0 Å². The van der Waals surface area contributed by atoms with E-state index in [2.05, 4.69) is 9.88 Å². The molecule has 19 heavy (non-hydrogen) atoms. The summed E-state index contributed by atoms with van der Waals surface area (Å²) in [7, 11) is 0. The lowest BCUT2D eigenvalue weighted by atomic mass is 10.2. The fourth-order valence-electron chi connectivity index (χ4n) is 2.12. The Labute approximate surface area is 117 Å². The molecule has 1 amide bonds. The molecule has 1 aliphatic heterocycles. The number of aliphatic hydroxyl groups is 1. The molecule has 1 unspecified atom stereocenters. The monoisotopic (exact) mass is 283 g/mol. The van der Waals surface area contributed by atoms with E-state index in [4.69, 9.17) is 11.6 Å². The molecule has 1 aromatic rings. The lowest BCUT2D eigenvalue weighted by Gasteiger charge is -2.35. The van der Waals surface area contributed by atoms with Gasteiger partial charge in [0.2, 0.25) is 0 Å². The van der Waals surface area contributed by atoms with Crippen LogP contribution in [0.3, 0.4) is 0 Å². The van der Waals surface area contributed by atoms with Crippen LogP contribution in [0.2, 0.25) is 5.02 Å². The smallest absolute Gasteiger partial charge is 0.251 e. The van der Waals surface area contributed by atoms with E-state index in [0.29, 0.717) is 18.1 Å². The third-order valence-electron chi connectivity index (χ3n) is 3.22. The van der Waals surface area contributed by atoms with Gasteiger partial charge in [-0.25, -0.2) is 0 Å². The number of aromatic nitrogens is 1. The van der Waals surface area contributed by atoms with Crippen LogP contribution in [0.15, 0.2) is 18.3 Å². The minimum absolute atomic E-state index is 0.190. The Morgan fingerprint density at radius 1 is 1.42 bits per heavy atom. The van der Waals surface area contributed by atoms with Crippen LogP contribution in [-0.2, 0) is 11.3 Å². The average Bonchev–Trinajstić information content (AvgIpc) is 2.41. The second-order valence-corrected chi connectivity index (χ2v) is 5.18. The number of amides is 1. The first kappa shape index (κ1) is 14.2. The first-order chi connectivity index (χ1) is 9.06. The highest BCUT2D eigenvalue weighted by molar-refractivity contribution is 6.30. The van der Waals surface area contributed by atoms with Crippen molar-refractivity contribution >= 4 is 17.5 Å². The minimum atomic E-state index is -0.913. The van der Waals surface area contributed by atoms with Gasteiger partial charge in [0.1, 0.15) is 6.10 Å². The van der Waals surface area contributed by atoms with Gasteiger partial charge in [0.25, 0.3) is 5.91 Å². The number of hydrogen-bond acceptors (Lipinski definition) is 4. The first-order valence-electron chi connectivity index (χ1n) is 6.36. The van der Waals surface area contributed by atoms with Gasteiger partial charge in [0.05, 0.1) is 10.7 Å². The van der Waals surface area contributed by atoms with Crippen molar-refractivity contribution in [1.82, 2.24) is 14.8 Å².